The fraction of sp³-hybridized carbons (Fsp3) is 0.395. The number of aliphatic hydroxyl groups is 1. The van der Waals surface area contributed by atoms with Gasteiger partial charge < -0.3 is 28.6 Å². The molecule has 1 N–H and O–H groups in total. The van der Waals surface area contributed by atoms with Crippen LogP contribution >= 0.6 is 0 Å². The first-order valence-corrected chi connectivity index (χ1v) is 21.1. The van der Waals surface area contributed by atoms with Gasteiger partial charge in [0.1, 0.15) is 36.8 Å². The fourth-order valence-corrected chi connectivity index (χ4v) is 6.78. The van der Waals surface area contributed by atoms with Gasteiger partial charge in [0.25, 0.3) is 0 Å². The Morgan fingerprint density at radius 2 is 1.92 bits per heavy atom. The van der Waals surface area contributed by atoms with E-state index < -0.39 is 49.3 Å². The standard InChI is InChI=1S/C38H43F3N4O6Si/c1-6-49-33(47)13-10-24-8-7-9-27(34(24)40)23(2)37-42-38-29-18-26(11-12-32(29)50-21-25(46)20-45(38)43-37)51-36-30(39)19-31-28(35(36)41)14-15-44(31)22-48-16-17-52(3,4)5/h7-9,11-12,14-15,18-19,23,25,46H,6,10,13,16-17,20-22H2,1-5H3. The van der Waals surface area contributed by atoms with Crippen LogP contribution in [0.3, 0.4) is 0 Å². The highest BCUT2D eigenvalue weighted by Crippen LogP contribution is 2.39. The molecule has 3 heterocycles. The van der Waals surface area contributed by atoms with E-state index in [-0.39, 0.29) is 56.3 Å². The Balaban J connectivity index is 1.28. The number of esters is 1. The van der Waals surface area contributed by atoms with E-state index in [4.69, 9.17) is 23.9 Å². The second kappa shape index (κ2) is 15.5. The van der Waals surface area contributed by atoms with Gasteiger partial charge in [-0.1, -0.05) is 44.8 Å². The van der Waals surface area contributed by atoms with Crippen LogP contribution in [0, 0.1) is 17.5 Å². The molecule has 0 saturated carbocycles. The van der Waals surface area contributed by atoms with Gasteiger partial charge in [0.05, 0.1) is 24.2 Å². The maximum atomic E-state index is 15.8. The molecule has 52 heavy (non-hydrogen) atoms. The lowest BCUT2D eigenvalue weighted by Gasteiger charge is -2.20. The molecular weight excluding hydrogens is 694 g/mol. The molecule has 14 heteroatoms. The summed E-state index contributed by atoms with van der Waals surface area (Å²) in [5, 5.41) is 15.5. The fourth-order valence-electron chi connectivity index (χ4n) is 6.03. The topological polar surface area (TPSA) is 110 Å². The third-order valence-electron chi connectivity index (χ3n) is 8.93. The third kappa shape index (κ3) is 8.19. The Hall–Kier alpha value is -4.66. The highest BCUT2D eigenvalue weighted by atomic mass is 28.3. The molecule has 0 radical (unpaired) electrons. The molecule has 0 aliphatic carbocycles. The van der Waals surface area contributed by atoms with Crippen LogP contribution in [0.15, 0.2) is 54.7 Å². The van der Waals surface area contributed by atoms with E-state index in [0.29, 0.717) is 40.4 Å². The molecule has 0 amide bonds. The van der Waals surface area contributed by atoms with Crippen molar-refractivity contribution >= 4 is 24.9 Å². The predicted octanol–water partition coefficient (Wildman–Crippen LogP) is 7.82. The molecule has 2 atom stereocenters. The number of hydrogen-bond acceptors (Lipinski definition) is 8. The van der Waals surface area contributed by atoms with Gasteiger partial charge in [0, 0.05) is 44.7 Å². The maximum absolute atomic E-state index is 15.8. The molecule has 2 aromatic heterocycles. The number of aryl methyl sites for hydroxylation is 1. The number of carbonyl (C=O) groups is 1. The van der Waals surface area contributed by atoms with Crippen LogP contribution < -0.4 is 9.47 Å². The minimum atomic E-state index is -1.29. The van der Waals surface area contributed by atoms with Gasteiger partial charge in [-0.3, -0.25) is 4.79 Å². The number of benzene rings is 3. The zero-order valence-corrected chi connectivity index (χ0v) is 30.9. The number of nitrogens with zero attached hydrogens (tertiary/aromatic N) is 4. The van der Waals surface area contributed by atoms with Crippen LogP contribution in [0.4, 0.5) is 13.2 Å². The largest absolute Gasteiger partial charge is 0.490 e. The number of aromatic nitrogens is 4. The molecular formula is C38H43F3N4O6Si. The molecule has 5 aromatic rings. The van der Waals surface area contributed by atoms with E-state index in [9.17, 15) is 9.90 Å². The summed E-state index contributed by atoms with van der Waals surface area (Å²) in [6, 6.07) is 13.4. The molecule has 1 aliphatic rings. The molecule has 6 rings (SSSR count). The Kier molecular flexibility index (Phi) is 11.1. The summed E-state index contributed by atoms with van der Waals surface area (Å²) in [4.78, 5) is 16.6. The lowest BCUT2D eigenvalue weighted by atomic mass is 9.96. The monoisotopic (exact) mass is 736 g/mol. The SMILES string of the molecule is CCOC(=O)CCc1cccc(C(C)c2nc3n(n2)CC(O)COc2ccc(Oc4c(F)cc5c(ccn5COCC[Si](C)(C)C)c4F)cc2-3)c1F. The number of fused-ring (bicyclic) bond motifs is 4. The molecule has 2 unspecified atom stereocenters. The van der Waals surface area contributed by atoms with Crippen LogP contribution in [-0.2, 0) is 34.0 Å². The third-order valence-corrected chi connectivity index (χ3v) is 10.6. The lowest BCUT2D eigenvalue weighted by Crippen LogP contribution is -2.26. The van der Waals surface area contributed by atoms with Crippen molar-refractivity contribution in [2.45, 2.75) is 77.7 Å². The van der Waals surface area contributed by atoms with Crippen molar-refractivity contribution in [3.8, 4) is 28.6 Å². The van der Waals surface area contributed by atoms with E-state index in [1.165, 1.54) is 16.8 Å². The van der Waals surface area contributed by atoms with Gasteiger partial charge in [0.15, 0.2) is 29.0 Å². The summed E-state index contributed by atoms with van der Waals surface area (Å²) in [5.41, 5.74) is 1.45. The summed E-state index contributed by atoms with van der Waals surface area (Å²) < 4.78 is 72.7. The van der Waals surface area contributed by atoms with Gasteiger partial charge in [-0.2, -0.15) is 5.10 Å². The van der Waals surface area contributed by atoms with E-state index in [2.05, 4.69) is 24.7 Å². The number of halogens is 3. The molecule has 0 bridgehead atoms. The summed E-state index contributed by atoms with van der Waals surface area (Å²) in [6.07, 6.45) is 0.940. The number of aliphatic hydroxyl groups excluding tert-OH is 1. The summed E-state index contributed by atoms with van der Waals surface area (Å²) in [5.74, 6) is -2.77. The highest BCUT2D eigenvalue weighted by molar-refractivity contribution is 6.76. The van der Waals surface area contributed by atoms with E-state index >= 15 is 13.2 Å². The first-order valence-electron chi connectivity index (χ1n) is 17.4. The highest BCUT2D eigenvalue weighted by Gasteiger charge is 2.27. The quantitative estimate of drug-likeness (QED) is 0.0741. The summed E-state index contributed by atoms with van der Waals surface area (Å²) in [7, 11) is -1.29. The van der Waals surface area contributed by atoms with Gasteiger partial charge in [-0.05, 0) is 54.8 Å². The van der Waals surface area contributed by atoms with E-state index in [1.807, 2.05) is 0 Å². The van der Waals surface area contributed by atoms with Crippen molar-refractivity contribution < 1.29 is 42.0 Å². The first kappa shape index (κ1) is 37.1. The van der Waals surface area contributed by atoms with Crippen molar-refractivity contribution in [2.75, 3.05) is 19.8 Å². The number of carbonyl (C=O) groups excluding carboxylic acids is 1. The van der Waals surface area contributed by atoms with Gasteiger partial charge in [-0.25, -0.2) is 22.8 Å². The van der Waals surface area contributed by atoms with Crippen LogP contribution in [0.1, 0.15) is 43.1 Å². The average molecular weight is 737 g/mol. The van der Waals surface area contributed by atoms with Crippen LogP contribution in [0.25, 0.3) is 22.3 Å². The summed E-state index contributed by atoms with van der Waals surface area (Å²) >= 11 is 0. The predicted molar refractivity (Wildman–Crippen MR) is 192 cm³/mol. The van der Waals surface area contributed by atoms with Gasteiger partial charge in [0.2, 0.25) is 0 Å². The Morgan fingerprint density at radius 1 is 1.12 bits per heavy atom. The first-order chi connectivity index (χ1) is 24.8. The second-order valence-corrected chi connectivity index (χ2v) is 19.7. The minimum absolute atomic E-state index is 0.0282. The van der Waals surface area contributed by atoms with Gasteiger partial charge >= 0.3 is 5.97 Å². The second-order valence-electron chi connectivity index (χ2n) is 14.1. The van der Waals surface area contributed by atoms with Gasteiger partial charge in [-0.15, -0.1) is 0 Å². The van der Waals surface area contributed by atoms with E-state index in [1.54, 1.807) is 61.0 Å². The van der Waals surface area contributed by atoms with E-state index in [0.717, 1.165) is 6.04 Å². The Labute approximate surface area is 301 Å². The molecule has 0 fully saturated rings. The van der Waals surface area contributed by atoms with Crippen molar-refractivity contribution in [1.82, 2.24) is 19.3 Å². The van der Waals surface area contributed by atoms with Crippen molar-refractivity contribution in [3.63, 3.8) is 0 Å². The average Bonchev–Trinajstić information content (AvgIpc) is 3.70. The number of ether oxygens (including phenoxy) is 4. The lowest BCUT2D eigenvalue weighted by molar-refractivity contribution is -0.143. The van der Waals surface area contributed by atoms with Crippen molar-refractivity contribution in [1.29, 1.82) is 0 Å². The van der Waals surface area contributed by atoms with Crippen LogP contribution in [-0.4, -0.2) is 64.4 Å². The smallest absolute Gasteiger partial charge is 0.306 e. The Bertz CT molecular complexity index is 2080. The molecule has 276 valence electrons. The Morgan fingerprint density at radius 3 is 2.69 bits per heavy atom. The van der Waals surface area contributed by atoms with Crippen LogP contribution in [0.2, 0.25) is 25.7 Å². The van der Waals surface area contributed by atoms with Crippen molar-refractivity contribution in [2.24, 2.45) is 0 Å². The normalized spacial score (nSPS) is 15.0. The molecule has 0 spiro atoms. The zero-order valence-electron chi connectivity index (χ0n) is 29.9. The van der Waals surface area contributed by atoms with Crippen LogP contribution in [0.5, 0.6) is 17.2 Å². The molecule has 1 aliphatic heterocycles. The molecule has 3 aromatic carbocycles. The number of hydrogen-bond donors (Lipinski definition) is 1. The maximum Gasteiger partial charge on any atom is 0.306 e. The minimum Gasteiger partial charge on any atom is -0.490 e. The van der Waals surface area contributed by atoms with Crippen molar-refractivity contribution in [3.05, 3.63) is 89.1 Å². The summed E-state index contributed by atoms with van der Waals surface area (Å²) in [6.45, 7) is 11.2. The number of rotatable bonds is 13. The zero-order chi connectivity index (χ0) is 37.2. The molecule has 10 nitrogen and oxygen atoms in total. The molecule has 0 saturated heterocycles.